The molecule has 1 aliphatic rings. The normalized spacial score (nSPS) is 16.2. The van der Waals surface area contributed by atoms with Gasteiger partial charge in [0, 0.05) is 19.7 Å². The second-order valence-electron chi connectivity index (χ2n) is 5.69. The van der Waals surface area contributed by atoms with Gasteiger partial charge in [-0.2, -0.15) is 4.31 Å². The van der Waals surface area contributed by atoms with Gasteiger partial charge in [-0.3, -0.25) is 4.79 Å². The first-order valence-corrected chi connectivity index (χ1v) is 10.1. The van der Waals surface area contributed by atoms with Crippen molar-refractivity contribution in [3.63, 3.8) is 0 Å². The van der Waals surface area contributed by atoms with Gasteiger partial charge < -0.3 is 15.2 Å². The van der Waals surface area contributed by atoms with Crippen LogP contribution >= 0.6 is 11.5 Å². The van der Waals surface area contributed by atoms with Gasteiger partial charge in [0.15, 0.2) is 0 Å². The number of hydrogen-bond acceptors (Lipinski definition) is 8. The van der Waals surface area contributed by atoms with E-state index >= 15 is 0 Å². The molecule has 0 unspecified atom stereocenters. The van der Waals surface area contributed by atoms with Crippen molar-refractivity contribution in [2.75, 3.05) is 31.6 Å². The molecule has 9 nitrogen and oxygen atoms in total. The van der Waals surface area contributed by atoms with Crippen LogP contribution in [0.15, 0.2) is 23.1 Å². The molecule has 2 aromatic rings. The second-order valence-corrected chi connectivity index (χ2v) is 8.38. The quantitative estimate of drug-likeness (QED) is 0.743. The molecule has 0 aliphatic carbocycles. The van der Waals surface area contributed by atoms with Crippen LogP contribution in [0, 0.1) is 6.92 Å². The maximum Gasteiger partial charge on any atom is 0.269 e. The number of carbonyl (C=O) groups is 1. The minimum absolute atomic E-state index is 0.00773. The number of phenolic OH excluding ortho intramolecular Hbond substituents is 1. The predicted octanol–water partition coefficient (Wildman–Crippen LogP) is 1.22. The van der Waals surface area contributed by atoms with Crippen LogP contribution in [0.25, 0.3) is 0 Å². The predicted molar refractivity (Wildman–Crippen MR) is 94.9 cm³/mol. The molecule has 1 fully saturated rings. The van der Waals surface area contributed by atoms with E-state index in [0.29, 0.717) is 36.8 Å². The van der Waals surface area contributed by atoms with Gasteiger partial charge in [-0.15, -0.1) is 5.10 Å². The third kappa shape index (κ3) is 3.85. The molecule has 26 heavy (non-hydrogen) atoms. The van der Waals surface area contributed by atoms with Crippen molar-refractivity contribution >= 4 is 33.2 Å². The van der Waals surface area contributed by atoms with Gasteiger partial charge in [-0.25, -0.2) is 8.42 Å². The van der Waals surface area contributed by atoms with Crippen LogP contribution in [-0.4, -0.2) is 59.6 Å². The van der Waals surface area contributed by atoms with Crippen molar-refractivity contribution in [2.45, 2.75) is 18.2 Å². The summed E-state index contributed by atoms with van der Waals surface area (Å²) in [6, 6.07) is 3.80. The maximum atomic E-state index is 12.8. The molecule has 1 aliphatic heterocycles. The van der Waals surface area contributed by atoms with Gasteiger partial charge in [-0.1, -0.05) is 4.49 Å². The molecule has 11 heteroatoms. The van der Waals surface area contributed by atoms with Crippen molar-refractivity contribution in [3.8, 4) is 5.75 Å². The number of ether oxygens (including phenoxy) is 1. The summed E-state index contributed by atoms with van der Waals surface area (Å²) in [4.78, 5) is 12.6. The Balaban J connectivity index is 1.87. The van der Waals surface area contributed by atoms with Crippen molar-refractivity contribution in [3.05, 3.63) is 28.8 Å². The molecule has 0 saturated carbocycles. The molecule has 0 radical (unpaired) electrons. The Labute approximate surface area is 154 Å². The fourth-order valence-electron chi connectivity index (χ4n) is 2.51. The van der Waals surface area contributed by atoms with Gasteiger partial charge >= 0.3 is 0 Å². The van der Waals surface area contributed by atoms with Crippen molar-refractivity contribution in [2.24, 2.45) is 0 Å². The minimum Gasteiger partial charge on any atom is -0.506 e. The summed E-state index contributed by atoms with van der Waals surface area (Å²) in [6.45, 7) is 3.11. The van der Waals surface area contributed by atoms with E-state index in [9.17, 15) is 18.3 Å². The zero-order valence-corrected chi connectivity index (χ0v) is 15.6. The zero-order valence-electron chi connectivity index (χ0n) is 14.0. The summed E-state index contributed by atoms with van der Waals surface area (Å²) in [6.07, 6.45) is 0.610. The lowest BCUT2D eigenvalue weighted by Gasteiger charge is -2.20. The van der Waals surface area contributed by atoms with E-state index in [2.05, 4.69) is 14.9 Å². The van der Waals surface area contributed by atoms with E-state index in [0.717, 1.165) is 11.5 Å². The van der Waals surface area contributed by atoms with Crippen LogP contribution in [0.1, 0.15) is 21.8 Å². The van der Waals surface area contributed by atoms with E-state index in [1.165, 1.54) is 22.5 Å². The van der Waals surface area contributed by atoms with E-state index in [4.69, 9.17) is 4.74 Å². The Morgan fingerprint density at radius 1 is 1.35 bits per heavy atom. The van der Waals surface area contributed by atoms with Gasteiger partial charge in [-0.05, 0) is 43.1 Å². The average Bonchev–Trinajstić information content (AvgIpc) is 2.85. The summed E-state index contributed by atoms with van der Waals surface area (Å²) < 4.78 is 36.0. The minimum atomic E-state index is -3.75. The lowest BCUT2D eigenvalue weighted by Crippen LogP contribution is -2.33. The zero-order chi connectivity index (χ0) is 18.7. The molecule has 140 valence electrons. The summed E-state index contributed by atoms with van der Waals surface area (Å²) in [5.41, 5.74) is 0.468. The Bertz CT molecular complexity index is 905. The number of aromatic nitrogens is 2. The number of aromatic hydroxyl groups is 1. The van der Waals surface area contributed by atoms with Gasteiger partial charge in [0.05, 0.1) is 22.9 Å². The Morgan fingerprint density at radius 2 is 2.15 bits per heavy atom. The largest absolute Gasteiger partial charge is 0.506 e. The smallest absolute Gasteiger partial charge is 0.269 e. The standard InChI is InChI=1S/C15H18N4O5S2/c1-10-14(25-18-17-10)15(21)16-12-9-11(3-4-13(12)20)26(22,23)19-5-2-7-24-8-6-19/h3-4,9,20H,2,5-8H2,1H3,(H,16,21). The first-order valence-electron chi connectivity index (χ1n) is 7.91. The van der Waals surface area contributed by atoms with Crippen molar-refractivity contribution in [1.82, 2.24) is 13.9 Å². The number of carbonyl (C=O) groups excluding carboxylic acids is 1. The third-order valence-corrected chi connectivity index (χ3v) is 6.61. The molecule has 0 bridgehead atoms. The lowest BCUT2D eigenvalue weighted by atomic mass is 10.3. The maximum absolute atomic E-state index is 12.8. The summed E-state index contributed by atoms with van der Waals surface area (Å²) in [5, 5.41) is 16.3. The van der Waals surface area contributed by atoms with E-state index in [-0.39, 0.29) is 22.9 Å². The van der Waals surface area contributed by atoms with Crippen LogP contribution < -0.4 is 5.32 Å². The summed E-state index contributed by atoms with van der Waals surface area (Å²) >= 11 is 0.922. The van der Waals surface area contributed by atoms with Crippen LogP contribution in [0.5, 0.6) is 5.75 Å². The highest BCUT2D eigenvalue weighted by Crippen LogP contribution is 2.29. The monoisotopic (exact) mass is 398 g/mol. The van der Waals surface area contributed by atoms with E-state index in [1.807, 2.05) is 0 Å². The molecular formula is C15H18N4O5S2. The van der Waals surface area contributed by atoms with Crippen molar-refractivity contribution in [1.29, 1.82) is 0 Å². The molecular weight excluding hydrogens is 380 g/mol. The molecule has 2 N–H and O–H groups in total. The van der Waals surface area contributed by atoms with E-state index < -0.39 is 15.9 Å². The van der Waals surface area contributed by atoms with Crippen LogP contribution in [0.4, 0.5) is 5.69 Å². The molecule has 2 heterocycles. The number of hydrogen-bond donors (Lipinski definition) is 2. The highest BCUT2D eigenvalue weighted by Gasteiger charge is 2.26. The Kier molecular flexibility index (Phi) is 5.51. The number of sulfonamides is 1. The Morgan fingerprint density at radius 3 is 2.88 bits per heavy atom. The molecule has 0 spiro atoms. The highest BCUT2D eigenvalue weighted by molar-refractivity contribution is 7.89. The summed E-state index contributed by atoms with van der Waals surface area (Å²) in [7, 11) is -3.75. The number of phenols is 1. The summed E-state index contributed by atoms with van der Waals surface area (Å²) in [5.74, 6) is -0.739. The fraction of sp³-hybridized carbons (Fsp3) is 0.400. The topological polar surface area (TPSA) is 122 Å². The third-order valence-electron chi connectivity index (χ3n) is 3.89. The van der Waals surface area contributed by atoms with Crippen LogP contribution in [-0.2, 0) is 14.8 Å². The molecule has 1 amide bonds. The number of amides is 1. The Hall–Kier alpha value is -2.08. The first kappa shape index (κ1) is 18.7. The fourth-order valence-corrected chi connectivity index (χ4v) is 4.55. The molecule has 0 atom stereocenters. The number of rotatable bonds is 4. The highest BCUT2D eigenvalue weighted by atomic mass is 32.2. The second kappa shape index (κ2) is 7.66. The SMILES string of the molecule is Cc1nnsc1C(=O)Nc1cc(S(=O)(=O)N2CCCOCC2)ccc1O. The van der Waals surface area contributed by atoms with Crippen LogP contribution in [0.3, 0.4) is 0 Å². The first-order chi connectivity index (χ1) is 12.4. The average molecular weight is 398 g/mol. The van der Waals surface area contributed by atoms with Crippen LogP contribution in [0.2, 0.25) is 0 Å². The molecule has 1 aromatic heterocycles. The molecule has 1 saturated heterocycles. The number of nitrogens with zero attached hydrogens (tertiary/aromatic N) is 3. The van der Waals surface area contributed by atoms with Crippen molar-refractivity contribution < 1.29 is 23.1 Å². The van der Waals surface area contributed by atoms with E-state index in [1.54, 1.807) is 6.92 Å². The van der Waals surface area contributed by atoms with Gasteiger partial charge in [0.25, 0.3) is 5.91 Å². The molecule has 1 aromatic carbocycles. The number of aryl methyl sites for hydroxylation is 1. The lowest BCUT2D eigenvalue weighted by molar-refractivity contribution is 0.102. The molecule has 3 rings (SSSR count). The van der Waals surface area contributed by atoms with Gasteiger partial charge in [0.1, 0.15) is 10.6 Å². The number of benzene rings is 1. The number of nitrogens with one attached hydrogen (secondary N) is 1. The number of anilines is 1. The van der Waals surface area contributed by atoms with Gasteiger partial charge in [0.2, 0.25) is 10.0 Å².